The number of anilines is 3. The van der Waals surface area contributed by atoms with Gasteiger partial charge in [-0.15, -0.1) is 0 Å². The maximum absolute atomic E-state index is 13.5. The Bertz CT molecular complexity index is 1820. The lowest BCUT2D eigenvalue weighted by Crippen LogP contribution is -2.30. The molecule has 0 bridgehead atoms. The lowest BCUT2D eigenvalue weighted by atomic mass is 9.82. The number of carbonyl (C=O) groups is 3. The van der Waals surface area contributed by atoms with Crippen molar-refractivity contribution >= 4 is 54.6 Å². The molecule has 15 heteroatoms. The molecule has 13 nitrogen and oxygen atoms in total. The van der Waals surface area contributed by atoms with Crippen LogP contribution < -0.4 is 22.1 Å². The third-order valence-electron chi connectivity index (χ3n) is 6.92. The summed E-state index contributed by atoms with van der Waals surface area (Å²) >= 11 is 0. The molecule has 1 aliphatic rings. The number of carboxylic acids is 1. The number of unbranched alkanes of at least 4 members (excludes halogenated alkanes) is 1. The fraction of sp³-hybridized carbons (Fsp3) is 0.250. The first-order chi connectivity index (χ1) is 20.2. The first-order valence-corrected chi connectivity index (χ1v) is 16.2. The van der Waals surface area contributed by atoms with Gasteiger partial charge in [0.15, 0.2) is 21.4 Å². The van der Waals surface area contributed by atoms with Crippen LogP contribution in [0, 0.1) is 0 Å². The number of sulfone groups is 1. The monoisotopic (exact) mass is 629 g/mol. The quantitative estimate of drug-likeness (QED) is 0.0804. The van der Waals surface area contributed by atoms with Gasteiger partial charge in [0.05, 0.1) is 38.0 Å². The highest BCUT2D eigenvalue weighted by Crippen LogP contribution is 2.40. The molecular formula is C28H29N4O9S2-. The van der Waals surface area contributed by atoms with Crippen LogP contribution in [0.1, 0.15) is 51.1 Å². The molecule has 0 amide bonds. The standard InChI is InChI=1S/C28H30N4O9S2/c29-20(28(35)36)10-3-4-11-31-12-13-42(37,38)17-7-5-6-16(14-17)32-21-15-22(43(39,40)41)25(30)24-23(21)26(33)18-8-1-2-9-19(18)27(24)34/h1-2,5-9,14-15,20,31-32H,3-4,10-13,29-30H2,(H,35,36)(H,39,40,41)/p-1/t20-/m0/s1. The van der Waals surface area contributed by atoms with E-state index in [-0.39, 0.29) is 45.3 Å². The van der Waals surface area contributed by atoms with Gasteiger partial charge in [-0.05, 0) is 43.7 Å². The molecule has 43 heavy (non-hydrogen) atoms. The molecule has 0 aromatic heterocycles. The Labute approximate surface area is 248 Å². The summed E-state index contributed by atoms with van der Waals surface area (Å²) in [5.74, 6) is -2.70. The minimum atomic E-state index is -5.17. The van der Waals surface area contributed by atoms with E-state index >= 15 is 0 Å². The predicted octanol–water partition coefficient (Wildman–Crippen LogP) is 1.64. The summed E-state index contributed by atoms with van der Waals surface area (Å²) in [7, 11) is -8.97. The molecule has 3 aromatic rings. The second kappa shape index (κ2) is 12.6. The van der Waals surface area contributed by atoms with Gasteiger partial charge in [-0.25, -0.2) is 16.8 Å². The van der Waals surface area contributed by atoms with E-state index in [2.05, 4.69) is 10.6 Å². The Hall–Kier alpha value is -4.15. The van der Waals surface area contributed by atoms with Gasteiger partial charge in [0, 0.05) is 23.4 Å². The number of nitrogen functional groups attached to an aromatic ring is 1. The molecule has 0 spiro atoms. The fourth-order valence-electron chi connectivity index (χ4n) is 4.71. The Kier molecular flexibility index (Phi) is 9.32. The number of aliphatic carboxylic acids is 1. The fourth-order valence-corrected chi connectivity index (χ4v) is 6.58. The van der Waals surface area contributed by atoms with Crippen molar-refractivity contribution in [2.24, 2.45) is 5.73 Å². The average molecular weight is 630 g/mol. The summed E-state index contributed by atoms with van der Waals surface area (Å²) in [6, 6.07) is 11.4. The number of fused-ring (bicyclic) bond motifs is 2. The van der Waals surface area contributed by atoms with Gasteiger partial charge in [-0.2, -0.15) is 0 Å². The van der Waals surface area contributed by atoms with E-state index in [1.54, 1.807) is 6.07 Å². The van der Waals surface area contributed by atoms with Gasteiger partial charge >= 0.3 is 5.97 Å². The summed E-state index contributed by atoms with van der Waals surface area (Å²) in [6.07, 6.45) is 1.48. The molecule has 0 saturated carbocycles. The molecule has 1 aliphatic carbocycles. The van der Waals surface area contributed by atoms with Gasteiger partial charge < -0.3 is 31.8 Å². The summed E-state index contributed by atoms with van der Waals surface area (Å²) in [5, 5.41) is 14.6. The Morgan fingerprint density at radius 1 is 0.907 bits per heavy atom. The Balaban J connectivity index is 1.57. The van der Waals surface area contributed by atoms with Crippen molar-refractivity contribution in [3.63, 3.8) is 0 Å². The predicted molar refractivity (Wildman–Crippen MR) is 156 cm³/mol. The number of hydrogen-bond acceptors (Lipinski definition) is 12. The number of rotatable bonds is 13. The van der Waals surface area contributed by atoms with E-state index in [1.165, 1.54) is 42.5 Å². The zero-order valence-electron chi connectivity index (χ0n) is 22.7. The van der Waals surface area contributed by atoms with Crippen LogP contribution in [-0.4, -0.2) is 68.9 Å². The molecule has 0 fully saturated rings. The Morgan fingerprint density at radius 2 is 1.56 bits per heavy atom. The molecule has 0 radical (unpaired) electrons. The molecule has 0 unspecified atom stereocenters. The Morgan fingerprint density at radius 3 is 2.19 bits per heavy atom. The van der Waals surface area contributed by atoms with Crippen LogP contribution in [0.3, 0.4) is 0 Å². The van der Waals surface area contributed by atoms with Crippen molar-refractivity contribution in [3.8, 4) is 0 Å². The van der Waals surface area contributed by atoms with Crippen LogP contribution in [0.4, 0.5) is 17.1 Å². The highest BCUT2D eigenvalue weighted by molar-refractivity contribution is 7.91. The third-order valence-corrected chi connectivity index (χ3v) is 9.52. The van der Waals surface area contributed by atoms with Gasteiger partial charge in [-0.3, -0.25) is 14.4 Å². The lowest BCUT2D eigenvalue weighted by molar-refractivity contribution is -0.138. The maximum atomic E-state index is 13.5. The van der Waals surface area contributed by atoms with Crippen molar-refractivity contribution in [2.45, 2.75) is 35.1 Å². The zero-order chi connectivity index (χ0) is 31.5. The topological polar surface area (TPSA) is 239 Å². The van der Waals surface area contributed by atoms with Crippen molar-refractivity contribution in [2.75, 3.05) is 29.9 Å². The van der Waals surface area contributed by atoms with Gasteiger partial charge in [-0.1, -0.05) is 36.8 Å². The van der Waals surface area contributed by atoms with E-state index in [0.29, 0.717) is 25.8 Å². The van der Waals surface area contributed by atoms with Crippen molar-refractivity contribution in [3.05, 3.63) is 76.9 Å². The first-order valence-electron chi connectivity index (χ1n) is 13.1. The normalized spacial score (nSPS) is 13.7. The number of ketones is 2. The molecule has 4 rings (SSSR count). The van der Waals surface area contributed by atoms with Crippen LogP contribution in [-0.2, 0) is 24.7 Å². The molecule has 0 heterocycles. The first kappa shape index (κ1) is 31.8. The van der Waals surface area contributed by atoms with Crippen LogP contribution in [0.15, 0.2) is 64.4 Å². The van der Waals surface area contributed by atoms with Gasteiger partial charge in [0.2, 0.25) is 0 Å². The van der Waals surface area contributed by atoms with Crippen LogP contribution in [0.25, 0.3) is 0 Å². The van der Waals surface area contributed by atoms with Crippen molar-refractivity contribution in [1.29, 1.82) is 0 Å². The number of carbonyl (C=O) groups excluding carboxylic acids is 2. The number of benzene rings is 3. The smallest absolute Gasteiger partial charge is 0.320 e. The van der Waals surface area contributed by atoms with E-state index < -0.39 is 59.7 Å². The van der Waals surface area contributed by atoms with Gasteiger partial charge in [0.1, 0.15) is 16.2 Å². The van der Waals surface area contributed by atoms with Crippen LogP contribution in [0.2, 0.25) is 0 Å². The molecule has 3 aromatic carbocycles. The molecule has 1 atom stereocenters. The summed E-state index contributed by atoms with van der Waals surface area (Å²) < 4.78 is 62.1. The molecule has 7 N–H and O–H groups in total. The second-order valence-electron chi connectivity index (χ2n) is 9.91. The zero-order valence-corrected chi connectivity index (χ0v) is 24.3. The number of nitrogens with one attached hydrogen (secondary N) is 2. The molecular weight excluding hydrogens is 600 g/mol. The van der Waals surface area contributed by atoms with Crippen molar-refractivity contribution < 1.29 is 40.9 Å². The summed E-state index contributed by atoms with van der Waals surface area (Å²) in [4.78, 5) is 36.6. The van der Waals surface area contributed by atoms with Crippen LogP contribution >= 0.6 is 0 Å². The number of carboxylic acid groups (broad SMARTS) is 1. The highest BCUT2D eigenvalue weighted by atomic mass is 32.2. The van der Waals surface area contributed by atoms with E-state index in [0.717, 1.165) is 6.07 Å². The number of nitrogens with two attached hydrogens (primary N) is 2. The minimum Gasteiger partial charge on any atom is -0.744 e. The average Bonchev–Trinajstić information content (AvgIpc) is 2.95. The van der Waals surface area contributed by atoms with E-state index in [9.17, 15) is 35.8 Å². The molecule has 0 aliphatic heterocycles. The number of hydrogen-bond donors (Lipinski definition) is 5. The van der Waals surface area contributed by atoms with Crippen LogP contribution in [0.5, 0.6) is 0 Å². The highest BCUT2D eigenvalue weighted by Gasteiger charge is 2.35. The SMILES string of the molecule is Nc1c(S(=O)(=O)[O-])cc(Nc2cccc(S(=O)(=O)CCNCCCC[C@H](N)C(=O)O)c2)c2c1C(=O)c1ccccc1C2=O. The summed E-state index contributed by atoms with van der Waals surface area (Å²) in [5.41, 5.74) is 10.1. The van der Waals surface area contributed by atoms with E-state index in [4.69, 9.17) is 16.6 Å². The molecule has 228 valence electrons. The second-order valence-corrected chi connectivity index (χ2v) is 13.4. The maximum Gasteiger partial charge on any atom is 0.320 e. The molecule has 0 saturated heterocycles. The van der Waals surface area contributed by atoms with Crippen molar-refractivity contribution in [1.82, 2.24) is 5.32 Å². The largest absolute Gasteiger partial charge is 0.744 e. The van der Waals surface area contributed by atoms with E-state index in [1.807, 2.05) is 0 Å². The minimum absolute atomic E-state index is 0.00336. The lowest BCUT2D eigenvalue weighted by Gasteiger charge is -2.25. The third kappa shape index (κ3) is 6.92. The summed E-state index contributed by atoms with van der Waals surface area (Å²) in [6.45, 7) is 0.587. The van der Waals surface area contributed by atoms with Gasteiger partial charge in [0.25, 0.3) is 0 Å².